The summed E-state index contributed by atoms with van der Waals surface area (Å²) in [5, 5.41) is 16.9. The van der Waals surface area contributed by atoms with Crippen LogP contribution in [-0.4, -0.2) is 75.2 Å². The molecule has 2 aliphatic heterocycles. The van der Waals surface area contributed by atoms with E-state index in [0.29, 0.717) is 0 Å². The fourth-order valence-corrected chi connectivity index (χ4v) is 2.17. The van der Waals surface area contributed by atoms with Crippen LogP contribution in [0.25, 0.3) is 0 Å². The van der Waals surface area contributed by atoms with Crippen LogP contribution in [0.2, 0.25) is 0 Å². The van der Waals surface area contributed by atoms with Crippen LogP contribution in [0.1, 0.15) is 38.5 Å². The first-order valence-electron chi connectivity index (χ1n) is 6.57. The molecule has 0 aliphatic carbocycles. The molecule has 2 amide bonds. The zero-order valence-corrected chi connectivity index (χ0v) is 11.8. The Hall–Kier alpha value is -1.33. The highest BCUT2D eigenvalue weighted by Crippen LogP contribution is 2.08. The van der Waals surface area contributed by atoms with Gasteiger partial charge in [0.25, 0.3) is 0 Å². The van der Waals surface area contributed by atoms with Gasteiger partial charge in [0, 0.05) is 43.0 Å². The fraction of sp³-hybridized carbons (Fsp3) is 0.833. The van der Waals surface area contributed by atoms with Gasteiger partial charge in [-0.15, -0.1) is 0 Å². The Morgan fingerprint density at radius 1 is 0.600 bits per heavy atom. The minimum absolute atomic E-state index is 0. The van der Waals surface area contributed by atoms with Crippen LogP contribution in [0.15, 0.2) is 0 Å². The molecule has 2 aliphatic rings. The van der Waals surface area contributed by atoms with E-state index < -0.39 is 12.2 Å². The zero-order valence-electron chi connectivity index (χ0n) is 11.8. The number of hydrogen-bond donors (Lipinski definition) is 2. The molecule has 0 atom stereocenters. The van der Waals surface area contributed by atoms with E-state index >= 15 is 0 Å². The normalized spacial score (nSPS) is 17.8. The van der Waals surface area contributed by atoms with Gasteiger partial charge in [0.15, 0.2) is 0 Å². The second-order valence-corrected chi connectivity index (χ2v) is 4.66. The molecule has 0 unspecified atom stereocenters. The van der Waals surface area contributed by atoms with Crippen molar-refractivity contribution < 1.29 is 19.8 Å². The van der Waals surface area contributed by atoms with Gasteiger partial charge in [-0.3, -0.25) is 0 Å². The second kappa shape index (κ2) is 11.5. The summed E-state index contributed by atoms with van der Waals surface area (Å²) in [6, 6.07) is 0. The molecule has 0 aromatic heterocycles. The standard InChI is InChI=1S/2C6H11NO2.2B/c2*8-6(9)7-4-2-1-3-5-7;;/h2*1-5H2,(H,8,9);;. The maximum atomic E-state index is 10.3. The lowest BCUT2D eigenvalue weighted by Crippen LogP contribution is -2.34. The summed E-state index contributed by atoms with van der Waals surface area (Å²) in [4.78, 5) is 23.5. The first-order chi connectivity index (χ1) is 8.61. The highest BCUT2D eigenvalue weighted by atomic mass is 16.4. The molecule has 0 aromatic carbocycles. The van der Waals surface area contributed by atoms with Gasteiger partial charge in [-0.05, 0) is 38.5 Å². The van der Waals surface area contributed by atoms with Gasteiger partial charge in [0.2, 0.25) is 0 Å². The van der Waals surface area contributed by atoms with E-state index in [1.165, 1.54) is 22.6 Å². The molecule has 2 saturated heterocycles. The third-order valence-electron chi connectivity index (χ3n) is 3.25. The molecule has 8 heteroatoms. The third kappa shape index (κ3) is 7.96. The molecule has 6 radical (unpaired) electrons. The van der Waals surface area contributed by atoms with Crippen molar-refractivity contribution in [1.82, 2.24) is 9.80 Å². The van der Waals surface area contributed by atoms with E-state index in [1.807, 2.05) is 0 Å². The summed E-state index contributed by atoms with van der Waals surface area (Å²) in [5.74, 6) is 0. The molecule has 0 aromatic rings. The Balaban J connectivity index is 0. The van der Waals surface area contributed by atoms with Crippen molar-refractivity contribution in [2.75, 3.05) is 26.2 Å². The van der Waals surface area contributed by atoms with Crippen molar-refractivity contribution in [3.8, 4) is 0 Å². The van der Waals surface area contributed by atoms with Crippen LogP contribution >= 0.6 is 0 Å². The molecule has 0 spiro atoms. The number of amides is 2. The molecular formula is C12H22B2N2O4. The summed E-state index contributed by atoms with van der Waals surface area (Å²) in [7, 11) is 0. The van der Waals surface area contributed by atoms with Crippen LogP contribution in [0.3, 0.4) is 0 Å². The van der Waals surface area contributed by atoms with Crippen molar-refractivity contribution >= 4 is 29.0 Å². The van der Waals surface area contributed by atoms with Crippen molar-refractivity contribution in [2.24, 2.45) is 0 Å². The summed E-state index contributed by atoms with van der Waals surface area (Å²) in [5.41, 5.74) is 0. The van der Waals surface area contributed by atoms with E-state index in [-0.39, 0.29) is 16.8 Å². The van der Waals surface area contributed by atoms with Crippen molar-refractivity contribution in [2.45, 2.75) is 38.5 Å². The van der Waals surface area contributed by atoms with E-state index in [1.54, 1.807) is 0 Å². The third-order valence-corrected chi connectivity index (χ3v) is 3.25. The van der Waals surface area contributed by atoms with E-state index in [4.69, 9.17) is 10.2 Å². The lowest BCUT2D eigenvalue weighted by molar-refractivity contribution is 0.135. The average Bonchev–Trinajstić information content (AvgIpc) is 2.41. The lowest BCUT2D eigenvalue weighted by atomic mass is 10.1. The number of nitrogens with zero attached hydrogens (tertiary/aromatic N) is 2. The molecule has 6 nitrogen and oxygen atoms in total. The van der Waals surface area contributed by atoms with E-state index in [0.717, 1.165) is 51.9 Å². The van der Waals surface area contributed by atoms with Gasteiger partial charge in [0.1, 0.15) is 0 Å². The zero-order chi connectivity index (χ0) is 13.4. The fourth-order valence-electron chi connectivity index (χ4n) is 2.17. The predicted octanol–water partition coefficient (Wildman–Crippen LogP) is 1.54. The number of carbonyl (C=O) groups is 2. The molecule has 110 valence electrons. The Morgan fingerprint density at radius 3 is 1.00 bits per heavy atom. The number of likely N-dealkylation sites (tertiary alicyclic amines) is 2. The minimum Gasteiger partial charge on any atom is -0.465 e. The summed E-state index contributed by atoms with van der Waals surface area (Å²) >= 11 is 0. The molecule has 0 saturated carbocycles. The molecule has 2 heterocycles. The largest absolute Gasteiger partial charge is 0.465 e. The summed E-state index contributed by atoms with van der Waals surface area (Å²) in [6.45, 7) is 2.93. The highest BCUT2D eigenvalue weighted by molar-refractivity contribution is 5.76. The van der Waals surface area contributed by atoms with Crippen LogP contribution in [0, 0.1) is 0 Å². The monoisotopic (exact) mass is 280 g/mol. The van der Waals surface area contributed by atoms with Gasteiger partial charge in [0.05, 0.1) is 0 Å². The number of carboxylic acid groups (broad SMARTS) is 2. The minimum atomic E-state index is -0.769. The van der Waals surface area contributed by atoms with Crippen molar-refractivity contribution in [1.29, 1.82) is 0 Å². The van der Waals surface area contributed by atoms with Crippen molar-refractivity contribution in [3.05, 3.63) is 0 Å². The van der Waals surface area contributed by atoms with Crippen LogP contribution in [0.5, 0.6) is 0 Å². The van der Waals surface area contributed by atoms with Crippen molar-refractivity contribution in [3.63, 3.8) is 0 Å². The Kier molecular flexibility index (Phi) is 12.1. The average molecular weight is 280 g/mol. The number of piperidine rings is 2. The summed E-state index contributed by atoms with van der Waals surface area (Å²) in [6.07, 6.45) is 4.97. The maximum Gasteiger partial charge on any atom is 0.407 e. The van der Waals surface area contributed by atoms with Gasteiger partial charge in [-0.1, -0.05) is 0 Å². The van der Waals surface area contributed by atoms with Gasteiger partial charge in [-0.25, -0.2) is 9.59 Å². The van der Waals surface area contributed by atoms with Gasteiger partial charge < -0.3 is 20.0 Å². The Bertz CT molecular complexity index is 253. The highest BCUT2D eigenvalue weighted by Gasteiger charge is 2.14. The first kappa shape index (κ1) is 21.0. The number of hydrogen-bond acceptors (Lipinski definition) is 2. The molecule has 2 rings (SSSR count). The lowest BCUT2D eigenvalue weighted by Gasteiger charge is -2.22. The molecular weight excluding hydrogens is 258 g/mol. The topological polar surface area (TPSA) is 81.1 Å². The van der Waals surface area contributed by atoms with Crippen LogP contribution < -0.4 is 0 Å². The maximum absolute atomic E-state index is 10.3. The quantitative estimate of drug-likeness (QED) is 0.659. The van der Waals surface area contributed by atoms with Crippen LogP contribution in [-0.2, 0) is 0 Å². The van der Waals surface area contributed by atoms with Gasteiger partial charge in [-0.2, -0.15) is 0 Å². The first-order valence-corrected chi connectivity index (χ1v) is 6.57. The molecule has 0 bridgehead atoms. The SMILES string of the molecule is O=C(O)N1CCCCC1.O=C(O)N1CCCCC1.[B].[B]. The Labute approximate surface area is 124 Å². The molecule has 2 N–H and O–H groups in total. The van der Waals surface area contributed by atoms with E-state index in [2.05, 4.69) is 0 Å². The Morgan fingerprint density at radius 2 is 0.850 bits per heavy atom. The number of rotatable bonds is 0. The molecule has 20 heavy (non-hydrogen) atoms. The summed E-state index contributed by atoms with van der Waals surface area (Å²) < 4.78 is 0. The van der Waals surface area contributed by atoms with E-state index in [9.17, 15) is 9.59 Å². The second-order valence-electron chi connectivity index (χ2n) is 4.66. The van der Waals surface area contributed by atoms with Gasteiger partial charge >= 0.3 is 12.2 Å². The van der Waals surface area contributed by atoms with Crippen LogP contribution in [0.4, 0.5) is 9.59 Å². The molecule has 2 fully saturated rings. The predicted molar refractivity (Wildman–Crippen MR) is 78.4 cm³/mol. The smallest absolute Gasteiger partial charge is 0.407 e.